The van der Waals surface area contributed by atoms with Gasteiger partial charge in [-0.2, -0.15) is 13.2 Å². The van der Waals surface area contributed by atoms with E-state index in [0.717, 1.165) is 24.0 Å². The Labute approximate surface area is 157 Å². The van der Waals surface area contributed by atoms with E-state index in [4.69, 9.17) is 11.6 Å². The van der Waals surface area contributed by atoms with E-state index >= 15 is 0 Å². The van der Waals surface area contributed by atoms with Gasteiger partial charge in [0.15, 0.2) is 0 Å². The monoisotopic (exact) mass is 395 g/mol. The molecule has 1 spiro atoms. The van der Waals surface area contributed by atoms with Crippen molar-refractivity contribution in [3.05, 3.63) is 58.9 Å². The number of aromatic nitrogens is 1. The molecule has 1 aromatic heterocycles. The van der Waals surface area contributed by atoms with Crippen LogP contribution in [-0.2, 0) is 11.0 Å². The second kappa shape index (κ2) is 5.95. The number of nitrogens with zero attached hydrogens (tertiary/aromatic N) is 2. The maximum atomic E-state index is 13.3. The van der Waals surface area contributed by atoms with Crippen molar-refractivity contribution in [3.63, 3.8) is 0 Å². The molecule has 1 N–H and O–H groups in total. The van der Waals surface area contributed by atoms with Gasteiger partial charge in [0.2, 0.25) is 0 Å². The Morgan fingerprint density at radius 1 is 1.19 bits per heavy atom. The number of alkyl halides is 3. The first-order chi connectivity index (χ1) is 12.7. The number of imide groups is 1. The van der Waals surface area contributed by atoms with Gasteiger partial charge >= 0.3 is 12.2 Å². The van der Waals surface area contributed by atoms with Crippen molar-refractivity contribution in [3.8, 4) is 0 Å². The molecule has 0 radical (unpaired) electrons. The van der Waals surface area contributed by atoms with Gasteiger partial charge in [0.05, 0.1) is 17.4 Å². The lowest BCUT2D eigenvalue weighted by Crippen LogP contribution is -2.56. The minimum atomic E-state index is -4.71. The summed E-state index contributed by atoms with van der Waals surface area (Å²) >= 11 is 6.17. The van der Waals surface area contributed by atoms with Crippen molar-refractivity contribution < 1.29 is 22.8 Å². The fraction of sp³-hybridized carbons (Fsp3) is 0.278. The highest BCUT2D eigenvalue weighted by Gasteiger charge is 2.60. The molecular weight excluding hydrogens is 383 g/mol. The second-order valence-corrected chi connectivity index (χ2v) is 7.08. The Kier molecular flexibility index (Phi) is 3.92. The van der Waals surface area contributed by atoms with Crippen molar-refractivity contribution in [2.45, 2.75) is 30.5 Å². The number of pyridine rings is 1. The van der Waals surface area contributed by atoms with Crippen LogP contribution in [0.15, 0.2) is 42.7 Å². The van der Waals surface area contributed by atoms with E-state index in [2.05, 4.69) is 10.3 Å². The third-order valence-corrected chi connectivity index (χ3v) is 5.39. The minimum Gasteiger partial charge on any atom is -0.323 e. The van der Waals surface area contributed by atoms with Crippen LogP contribution < -0.4 is 10.2 Å². The van der Waals surface area contributed by atoms with Gasteiger partial charge < -0.3 is 5.32 Å². The molecule has 1 aliphatic heterocycles. The van der Waals surface area contributed by atoms with Gasteiger partial charge in [0.1, 0.15) is 5.54 Å². The van der Waals surface area contributed by atoms with E-state index in [0.29, 0.717) is 9.92 Å². The van der Waals surface area contributed by atoms with E-state index in [1.165, 1.54) is 0 Å². The zero-order chi connectivity index (χ0) is 19.4. The number of halogens is 4. The number of nitrogens with one attached hydrogen (secondary N) is 1. The first kappa shape index (κ1) is 17.8. The Bertz CT molecular complexity index is 941. The highest BCUT2D eigenvalue weighted by atomic mass is 35.5. The molecular formula is C18H13ClF3N3O2. The van der Waals surface area contributed by atoms with E-state index in [-0.39, 0.29) is 18.8 Å². The summed E-state index contributed by atoms with van der Waals surface area (Å²) in [4.78, 5) is 29.4. The number of benzene rings is 1. The number of anilines is 1. The minimum absolute atomic E-state index is 0.0566. The van der Waals surface area contributed by atoms with Gasteiger partial charge in [-0.05, 0) is 36.5 Å². The Morgan fingerprint density at radius 3 is 2.56 bits per heavy atom. The number of carbonyl (C=O) groups excluding carboxylic acids is 2. The molecule has 2 heterocycles. The molecule has 1 aliphatic carbocycles. The van der Waals surface area contributed by atoms with E-state index in [1.807, 2.05) is 12.1 Å². The molecule has 2 fully saturated rings. The van der Waals surface area contributed by atoms with Crippen molar-refractivity contribution in [2.75, 3.05) is 4.90 Å². The predicted molar refractivity (Wildman–Crippen MR) is 91.4 cm³/mol. The van der Waals surface area contributed by atoms with Crippen LogP contribution in [-0.4, -0.2) is 22.5 Å². The molecule has 140 valence electrons. The number of amides is 3. The standard InChI is InChI=1S/C18H13ClF3N3O2/c19-13-4-2-1-3-11(13)10-7-17(8-10)15(26)25(16(27)24-17)14-9-23-6-5-12(14)18(20,21)22/h1-6,9-10H,7-8H2,(H,24,27). The molecule has 1 saturated heterocycles. The van der Waals surface area contributed by atoms with Crippen LogP contribution >= 0.6 is 11.6 Å². The first-order valence-corrected chi connectivity index (χ1v) is 8.53. The Morgan fingerprint density at radius 2 is 1.89 bits per heavy atom. The van der Waals surface area contributed by atoms with Crippen LogP contribution in [0.4, 0.5) is 23.7 Å². The maximum Gasteiger partial charge on any atom is 0.418 e. The van der Waals surface area contributed by atoms with Crippen molar-refractivity contribution in [1.82, 2.24) is 10.3 Å². The second-order valence-electron chi connectivity index (χ2n) is 6.67. The number of hydrogen-bond donors (Lipinski definition) is 1. The summed E-state index contributed by atoms with van der Waals surface area (Å²) < 4.78 is 39.8. The molecule has 3 amide bonds. The van der Waals surface area contributed by atoms with Crippen molar-refractivity contribution >= 4 is 29.2 Å². The zero-order valence-corrected chi connectivity index (χ0v) is 14.5. The summed E-state index contributed by atoms with van der Waals surface area (Å²) in [6.07, 6.45) is -2.31. The van der Waals surface area contributed by atoms with Crippen molar-refractivity contribution in [2.24, 2.45) is 0 Å². The molecule has 0 unspecified atom stereocenters. The summed E-state index contributed by atoms with van der Waals surface area (Å²) in [5.41, 5.74) is -2.01. The van der Waals surface area contributed by atoms with Crippen LogP contribution in [0.3, 0.4) is 0 Å². The highest BCUT2D eigenvalue weighted by Crippen LogP contribution is 2.50. The molecule has 1 saturated carbocycles. The molecule has 5 nitrogen and oxygen atoms in total. The van der Waals surface area contributed by atoms with E-state index in [9.17, 15) is 22.8 Å². The Hall–Kier alpha value is -2.61. The molecule has 2 aromatic rings. The normalized spacial score (nSPS) is 24.9. The van der Waals surface area contributed by atoms with Crippen LogP contribution in [0.25, 0.3) is 0 Å². The van der Waals surface area contributed by atoms with E-state index in [1.54, 1.807) is 12.1 Å². The lowest BCUT2D eigenvalue weighted by Gasteiger charge is -2.43. The van der Waals surface area contributed by atoms with Gasteiger partial charge in [0, 0.05) is 11.2 Å². The molecule has 1 aromatic carbocycles. The summed E-state index contributed by atoms with van der Waals surface area (Å²) in [5.74, 6) is -0.756. The summed E-state index contributed by atoms with van der Waals surface area (Å²) in [6, 6.07) is 7.03. The van der Waals surface area contributed by atoms with Crippen LogP contribution in [0.2, 0.25) is 5.02 Å². The fourth-order valence-electron chi connectivity index (χ4n) is 3.73. The molecule has 27 heavy (non-hydrogen) atoms. The highest BCUT2D eigenvalue weighted by molar-refractivity contribution is 6.31. The van der Waals surface area contributed by atoms with Gasteiger partial charge in [0.25, 0.3) is 5.91 Å². The quantitative estimate of drug-likeness (QED) is 0.778. The molecule has 9 heteroatoms. The summed E-state index contributed by atoms with van der Waals surface area (Å²) in [6.45, 7) is 0. The molecule has 4 rings (SSSR count). The summed E-state index contributed by atoms with van der Waals surface area (Å²) in [7, 11) is 0. The maximum absolute atomic E-state index is 13.3. The molecule has 0 bridgehead atoms. The van der Waals surface area contributed by atoms with Crippen molar-refractivity contribution in [1.29, 1.82) is 0 Å². The third-order valence-electron chi connectivity index (χ3n) is 5.04. The van der Waals surface area contributed by atoms with Gasteiger partial charge in [-0.1, -0.05) is 29.8 Å². The van der Waals surface area contributed by atoms with Gasteiger partial charge in [-0.3, -0.25) is 9.78 Å². The van der Waals surface area contributed by atoms with Gasteiger partial charge in [-0.15, -0.1) is 0 Å². The smallest absolute Gasteiger partial charge is 0.323 e. The largest absolute Gasteiger partial charge is 0.418 e. The number of rotatable bonds is 2. The zero-order valence-electron chi connectivity index (χ0n) is 13.8. The van der Waals surface area contributed by atoms with E-state index < -0.39 is 34.9 Å². The summed E-state index contributed by atoms with van der Waals surface area (Å²) in [5, 5.41) is 3.12. The molecule has 0 atom stereocenters. The SMILES string of the molecule is O=C1NC2(CC(c3ccccc3Cl)C2)C(=O)N1c1cnccc1C(F)(F)F. The lowest BCUT2D eigenvalue weighted by molar-refractivity contribution is -0.137. The Balaban J connectivity index is 1.63. The average molecular weight is 396 g/mol. The lowest BCUT2D eigenvalue weighted by atomic mass is 9.65. The number of urea groups is 1. The average Bonchev–Trinajstić information content (AvgIpc) is 2.84. The van der Waals surface area contributed by atoms with Gasteiger partial charge in [-0.25, -0.2) is 9.69 Å². The third kappa shape index (κ3) is 2.75. The first-order valence-electron chi connectivity index (χ1n) is 8.15. The molecule has 2 aliphatic rings. The van der Waals surface area contributed by atoms with Crippen LogP contribution in [0, 0.1) is 0 Å². The van der Waals surface area contributed by atoms with Crippen LogP contribution in [0.5, 0.6) is 0 Å². The predicted octanol–water partition coefficient (Wildman–Crippen LogP) is 4.13. The number of hydrogen-bond acceptors (Lipinski definition) is 3. The van der Waals surface area contributed by atoms with Crippen LogP contribution in [0.1, 0.15) is 29.9 Å². The topological polar surface area (TPSA) is 62.3 Å². The fourth-order valence-corrected chi connectivity index (χ4v) is 4.02. The number of carbonyl (C=O) groups is 2.